The summed E-state index contributed by atoms with van der Waals surface area (Å²) in [4.78, 5) is 54.7. The molecule has 0 saturated heterocycles. The maximum atomic E-state index is 12.3. The Morgan fingerprint density at radius 3 is 1.73 bits per heavy atom. The van der Waals surface area contributed by atoms with E-state index in [1.807, 2.05) is 0 Å². The number of rotatable bonds is 6. The van der Waals surface area contributed by atoms with Gasteiger partial charge in [0, 0.05) is 35.2 Å². The molecule has 0 spiro atoms. The Bertz CT molecular complexity index is 1010. The molecule has 2 rings (SSSR count). The van der Waals surface area contributed by atoms with Gasteiger partial charge in [-0.2, -0.15) is 0 Å². The van der Waals surface area contributed by atoms with Crippen LogP contribution < -0.4 is 5.32 Å². The monoisotopic (exact) mass is 462 g/mol. The molecule has 1 heterocycles. The summed E-state index contributed by atoms with van der Waals surface area (Å²) in [5.74, 6) is -4.84. The first-order chi connectivity index (χ1) is 15.5. The zero-order chi connectivity index (χ0) is 25.3. The number of carbonyl (C=O) groups excluding carboxylic acids is 2. The van der Waals surface area contributed by atoms with Crippen molar-refractivity contribution >= 4 is 29.6 Å². The fraction of sp³-hybridized carbons (Fsp3) is 0.238. The Kier molecular flexibility index (Phi) is 9.49. The van der Waals surface area contributed by atoms with Gasteiger partial charge >= 0.3 is 23.9 Å². The topological polar surface area (TPSA) is 182 Å². The number of nitrogens with zero attached hydrogens (tertiary/aromatic N) is 1. The SMILES string of the molecule is COC(=O)C1=C(C)NC(C)=C(C(=O)OC)C1c1ccccc1[N+](=O)[O-].O=C(O)/C=C\C(=O)O. The fourth-order valence-electron chi connectivity index (χ4n) is 3.11. The van der Waals surface area contributed by atoms with Gasteiger partial charge in [-0.3, -0.25) is 10.1 Å². The molecule has 0 atom stereocenters. The van der Waals surface area contributed by atoms with Gasteiger partial charge in [0.2, 0.25) is 0 Å². The van der Waals surface area contributed by atoms with Crippen LogP contribution >= 0.6 is 0 Å². The second-order valence-electron chi connectivity index (χ2n) is 6.44. The number of aliphatic carboxylic acids is 2. The van der Waals surface area contributed by atoms with E-state index in [1.165, 1.54) is 32.4 Å². The van der Waals surface area contributed by atoms with Crippen molar-refractivity contribution < 1.29 is 43.8 Å². The van der Waals surface area contributed by atoms with Crippen LogP contribution in [0.25, 0.3) is 0 Å². The third-order valence-electron chi connectivity index (χ3n) is 4.38. The van der Waals surface area contributed by atoms with E-state index in [-0.39, 0.29) is 22.4 Å². The average molecular weight is 462 g/mol. The molecule has 1 aliphatic rings. The number of nitrogens with one attached hydrogen (secondary N) is 1. The van der Waals surface area contributed by atoms with Gasteiger partial charge < -0.3 is 25.0 Å². The van der Waals surface area contributed by atoms with Gasteiger partial charge in [0.05, 0.1) is 36.2 Å². The number of esters is 2. The predicted octanol–water partition coefficient (Wildman–Crippen LogP) is 1.89. The normalized spacial score (nSPS) is 13.6. The lowest BCUT2D eigenvalue weighted by Crippen LogP contribution is -2.32. The molecule has 0 fully saturated rings. The van der Waals surface area contributed by atoms with E-state index in [9.17, 15) is 29.3 Å². The summed E-state index contributed by atoms with van der Waals surface area (Å²) in [5.41, 5.74) is 1.19. The van der Waals surface area contributed by atoms with E-state index in [0.29, 0.717) is 23.5 Å². The van der Waals surface area contributed by atoms with Crippen molar-refractivity contribution in [2.45, 2.75) is 19.8 Å². The lowest BCUT2D eigenvalue weighted by atomic mass is 9.79. The van der Waals surface area contributed by atoms with Crippen LogP contribution in [0.3, 0.4) is 0 Å². The van der Waals surface area contributed by atoms with Gasteiger partial charge in [-0.25, -0.2) is 19.2 Å². The largest absolute Gasteiger partial charge is 0.478 e. The lowest BCUT2D eigenvalue weighted by molar-refractivity contribution is -0.385. The minimum Gasteiger partial charge on any atom is -0.478 e. The van der Waals surface area contributed by atoms with Crippen LogP contribution in [-0.2, 0) is 28.7 Å². The number of hydrogen-bond donors (Lipinski definition) is 3. The van der Waals surface area contributed by atoms with Crippen LogP contribution in [0.15, 0.2) is 59.0 Å². The Hall–Kier alpha value is -4.48. The quantitative estimate of drug-likeness (QED) is 0.243. The van der Waals surface area contributed by atoms with Gasteiger partial charge in [-0.1, -0.05) is 18.2 Å². The third-order valence-corrected chi connectivity index (χ3v) is 4.38. The van der Waals surface area contributed by atoms with Crippen LogP contribution in [0.5, 0.6) is 0 Å². The number of hydrogen-bond acceptors (Lipinski definition) is 9. The molecule has 12 nitrogen and oxygen atoms in total. The van der Waals surface area contributed by atoms with E-state index < -0.39 is 34.7 Å². The molecule has 33 heavy (non-hydrogen) atoms. The van der Waals surface area contributed by atoms with Crippen molar-refractivity contribution in [1.29, 1.82) is 0 Å². The minimum atomic E-state index is -1.26. The van der Waals surface area contributed by atoms with Crippen LogP contribution in [0, 0.1) is 10.1 Å². The number of para-hydroxylation sites is 1. The summed E-state index contributed by atoms with van der Waals surface area (Å²) in [6.45, 7) is 3.29. The number of methoxy groups -OCH3 is 2. The molecule has 176 valence electrons. The number of nitro groups is 1. The van der Waals surface area contributed by atoms with Crippen LogP contribution in [-0.4, -0.2) is 53.2 Å². The number of ether oxygens (including phenoxy) is 2. The van der Waals surface area contributed by atoms with E-state index >= 15 is 0 Å². The summed E-state index contributed by atoms with van der Waals surface area (Å²) in [6, 6.07) is 5.97. The molecule has 3 N–H and O–H groups in total. The molecule has 0 aromatic heterocycles. The van der Waals surface area contributed by atoms with Gasteiger partial charge in [-0.15, -0.1) is 0 Å². The highest BCUT2D eigenvalue weighted by atomic mass is 16.6. The van der Waals surface area contributed by atoms with Crippen LogP contribution in [0.2, 0.25) is 0 Å². The molecule has 0 bridgehead atoms. The first kappa shape index (κ1) is 26.6. The van der Waals surface area contributed by atoms with Gasteiger partial charge in [-0.05, 0) is 13.8 Å². The number of carboxylic acid groups (broad SMARTS) is 2. The minimum absolute atomic E-state index is 0.128. The van der Waals surface area contributed by atoms with Crippen molar-refractivity contribution in [2.75, 3.05) is 14.2 Å². The van der Waals surface area contributed by atoms with E-state index in [1.54, 1.807) is 19.9 Å². The molecule has 1 aliphatic heterocycles. The van der Waals surface area contributed by atoms with E-state index in [0.717, 1.165) is 0 Å². The first-order valence-corrected chi connectivity index (χ1v) is 9.18. The molecule has 0 radical (unpaired) electrons. The fourth-order valence-corrected chi connectivity index (χ4v) is 3.11. The highest BCUT2D eigenvalue weighted by Crippen LogP contribution is 2.42. The molecule has 0 aliphatic carbocycles. The van der Waals surface area contributed by atoms with Gasteiger partial charge in [0.15, 0.2) is 0 Å². The zero-order valence-electron chi connectivity index (χ0n) is 18.1. The van der Waals surface area contributed by atoms with Crippen LogP contribution in [0.4, 0.5) is 5.69 Å². The van der Waals surface area contributed by atoms with E-state index in [4.69, 9.17) is 19.7 Å². The smallest absolute Gasteiger partial charge is 0.336 e. The van der Waals surface area contributed by atoms with Crippen molar-refractivity contribution in [3.63, 3.8) is 0 Å². The number of benzene rings is 1. The highest BCUT2D eigenvalue weighted by Gasteiger charge is 2.40. The number of carboxylic acids is 2. The predicted molar refractivity (Wildman–Crippen MR) is 113 cm³/mol. The Balaban J connectivity index is 0.000000582. The number of carbonyl (C=O) groups is 4. The standard InChI is InChI=1S/C17H18N2O6.C4H4O4/c1-9-13(16(20)24-3)15(14(10(2)18-9)17(21)25-4)11-7-5-6-8-12(11)19(22)23;5-3(6)1-2-4(7)8/h5-8,15,18H,1-4H3;1-2H,(H,5,6)(H,7,8)/b;2-1-. The molecular formula is C21H22N2O10. The summed E-state index contributed by atoms with van der Waals surface area (Å²) >= 11 is 0. The second kappa shape index (κ2) is 11.8. The average Bonchev–Trinajstić information content (AvgIpc) is 2.76. The molecule has 0 unspecified atom stereocenters. The van der Waals surface area contributed by atoms with Crippen molar-refractivity contribution in [3.05, 3.63) is 74.6 Å². The molecule has 0 saturated carbocycles. The number of allylic oxidation sites excluding steroid dienone is 2. The summed E-state index contributed by atoms with van der Waals surface area (Å²) in [7, 11) is 2.42. The zero-order valence-corrected chi connectivity index (χ0v) is 18.1. The highest BCUT2D eigenvalue weighted by molar-refractivity contribution is 6.00. The second-order valence-corrected chi connectivity index (χ2v) is 6.44. The van der Waals surface area contributed by atoms with Crippen molar-refractivity contribution in [2.24, 2.45) is 0 Å². The number of dihydropyridines is 1. The molecule has 0 amide bonds. The summed E-state index contributed by atoms with van der Waals surface area (Å²) in [6.07, 6.45) is 1.12. The summed E-state index contributed by atoms with van der Waals surface area (Å²) in [5, 5.41) is 30.0. The third kappa shape index (κ3) is 6.75. The first-order valence-electron chi connectivity index (χ1n) is 9.18. The van der Waals surface area contributed by atoms with Gasteiger partial charge in [0.1, 0.15) is 0 Å². The maximum Gasteiger partial charge on any atom is 0.336 e. The molecular weight excluding hydrogens is 440 g/mol. The Labute approximate surface area is 188 Å². The Morgan fingerprint density at radius 1 is 0.939 bits per heavy atom. The Morgan fingerprint density at radius 2 is 1.36 bits per heavy atom. The molecule has 1 aromatic rings. The van der Waals surface area contributed by atoms with Crippen LogP contribution in [0.1, 0.15) is 25.3 Å². The maximum absolute atomic E-state index is 12.3. The van der Waals surface area contributed by atoms with Gasteiger partial charge in [0.25, 0.3) is 5.69 Å². The van der Waals surface area contributed by atoms with Crippen molar-refractivity contribution in [3.8, 4) is 0 Å². The lowest BCUT2D eigenvalue weighted by Gasteiger charge is -2.29. The van der Waals surface area contributed by atoms with Crippen molar-refractivity contribution in [1.82, 2.24) is 5.32 Å². The van der Waals surface area contributed by atoms with E-state index in [2.05, 4.69) is 5.32 Å². The molecule has 12 heteroatoms. The number of nitro benzene ring substituents is 1. The summed E-state index contributed by atoms with van der Waals surface area (Å²) < 4.78 is 9.66. The molecule has 1 aromatic carbocycles.